The number of anilines is 1. The zero-order chi connectivity index (χ0) is 17.1. The molecule has 0 fully saturated rings. The largest absolute Gasteiger partial charge is 0.377 e. The second-order valence-electron chi connectivity index (χ2n) is 6.48. The number of aryl methyl sites for hydroxylation is 1. The highest BCUT2D eigenvalue weighted by molar-refractivity contribution is 5.93. The molecule has 0 aromatic carbocycles. The first kappa shape index (κ1) is 16.4. The lowest BCUT2D eigenvalue weighted by atomic mass is 9.94. The van der Waals surface area contributed by atoms with Gasteiger partial charge in [0.15, 0.2) is 0 Å². The van der Waals surface area contributed by atoms with Crippen molar-refractivity contribution in [3.05, 3.63) is 41.5 Å². The van der Waals surface area contributed by atoms with Crippen molar-refractivity contribution >= 4 is 11.6 Å². The van der Waals surface area contributed by atoms with Crippen LogP contribution in [0.4, 0.5) is 5.69 Å². The predicted octanol–water partition coefficient (Wildman–Crippen LogP) is 0.795. The highest BCUT2D eigenvalue weighted by atomic mass is 16.1. The Balaban J connectivity index is 1.59. The van der Waals surface area contributed by atoms with Gasteiger partial charge in [0, 0.05) is 50.8 Å². The van der Waals surface area contributed by atoms with Crippen LogP contribution in [0, 0.1) is 5.92 Å². The fraction of sp³-hybridized carbons (Fsp3) is 0.471. The number of hydrogen-bond donors (Lipinski definition) is 2. The first-order chi connectivity index (χ1) is 11.6. The standard InChI is InChI=1S/C17H24N6O/c1-22(2)15-3-5-19-9-13(15)10-20-8-12-4-6-23-16(7-12)14(11-21-23)17(18)24/h3,5,9,11-12,20H,4,6-8,10H2,1-2H3,(H2,18,24)/t12-/m1/s1. The third-order valence-corrected chi connectivity index (χ3v) is 4.55. The molecule has 7 heteroatoms. The van der Waals surface area contributed by atoms with Gasteiger partial charge in [0.1, 0.15) is 0 Å². The minimum atomic E-state index is -0.393. The minimum Gasteiger partial charge on any atom is -0.377 e. The number of nitrogens with two attached hydrogens (primary N) is 1. The molecule has 0 saturated heterocycles. The van der Waals surface area contributed by atoms with Crippen LogP contribution in [0.15, 0.2) is 24.7 Å². The van der Waals surface area contributed by atoms with Crippen molar-refractivity contribution in [3.8, 4) is 0 Å². The lowest BCUT2D eigenvalue weighted by Crippen LogP contribution is -2.30. The van der Waals surface area contributed by atoms with E-state index in [0.29, 0.717) is 11.5 Å². The number of fused-ring (bicyclic) bond motifs is 1. The second-order valence-corrected chi connectivity index (χ2v) is 6.48. The molecule has 0 saturated carbocycles. The predicted molar refractivity (Wildman–Crippen MR) is 92.8 cm³/mol. The molecule has 0 bridgehead atoms. The molecule has 2 aromatic rings. The van der Waals surface area contributed by atoms with E-state index in [2.05, 4.69) is 20.3 Å². The maximum atomic E-state index is 11.5. The number of amides is 1. The van der Waals surface area contributed by atoms with Crippen LogP contribution in [-0.4, -0.2) is 41.3 Å². The number of carbonyl (C=O) groups is 1. The normalized spacial score (nSPS) is 16.7. The molecule has 1 aliphatic rings. The molecule has 3 N–H and O–H groups in total. The molecule has 0 aliphatic carbocycles. The SMILES string of the molecule is CN(C)c1ccncc1CNC[C@@H]1CCn2ncc(C(N)=O)c2C1. The van der Waals surface area contributed by atoms with E-state index in [9.17, 15) is 4.79 Å². The summed E-state index contributed by atoms with van der Waals surface area (Å²) in [4.78, 5) is 17.8. The van der Waals surface area contributed by atoms with Gasteiger partial charge in [0.2, 0.25) is 0 Å². The summed E-state index contributed by atoms with van der Waals surface area (Å²) < 4.78 is 1.90. The average molecular weight is 328 g/mol. The number of nitrogens with one attached hydrogen (secondary N) is 1. The first-order valence-corrected chi connectivity index (χ1v) is 8.21. The van der Waals surface area contributed by atoms with E-state index in [1.807, 2.05) is 37.2 Å². The third-order valence-electron chi connectivity index (χ3n) is 4.55. The Morgan fingerprint density at radius 3 is 3.04 bits per heavy atom. The zero-order valence-electron chi connectivity index (χ0n) is 14.2. The summed E-state index contributed by atoms with van der Waals surface area (Å²) in [5.74, 6) is 0.0858. The fourth-order valence-corrected chi connectivity index (χ4v) is 3.28. The number of primary amides is 1. The topological polar surface area (TPSA) is 89.1 Å². The molecular formula is C17H24N6O. The molecule has 2 aromatic heterocycles. The van der Waals surface area contributed by atoms with E-state index in [0.717, 1.165) is 38.2 Å². The van der Waals surface area contributed by atoms with Crippen LogP contribution in [-0.2, 0) is 19.5 Å². The Morgan fingerprint density at radius 1 is 1.46 bits per heavy atom. The Morgan fingerprint density at radius 2 is 2.29 bits per heavy atom. The van der Waals surface area contributed by atoms with Crippen LogP contribution in [0.2, 0.25) is 0 Å². The van der Waals surface area contributed by atoms with Gasteiger partial charge >= 0.3 is 0 Å². The molecule has 0 radical (unpaired) electrons. The molecule has 0 unspecified atom stereocenters. The van der Waals surface area contributed by atoms with Gasteiger partial charge in [-0.3, -0.25) is 14.5 Å². The number of carbonyl (C=O) groups excluding carboxylic acids is 1. The van der Waals surface area contributed by atoms with Crippen molar-refractivity contribution in [2.75, 3.05) is 25.5 Å². The zero-order valence-corrected chi connectivity index (χ0v) is 14.2. The molecule has 128 valence electrons. The van der Waals surface area contributed by atoms with Gasteiger partial charge in [0.05, 0.1) is 17.5 Å². The van der Waals surface area contributed by atoms with Gasteiger partial charge in [-0.25, -0.2) is 0 Å². The van der Waals surface area contributed by atoms with E-state index < -0.39 is 5.91 Å². The summed E-state index contributed by atoms with van der Waals surface area (Å²) in [7, 11) is 4.07. The Hall–Kier alpha value is -2.41. The number of rotatable bonds is 6. The number of aromatic nitrogens is 3. The van der Waals surface area contributed by atoms with Crippen molar-refractivity contribution < 1.29 is 4.79 Å². The van der Waals surface area contributed by atoms with E-state index in [1.54, 1.807) is 6.20 Å². The summed E-state index contributed by atoms with van der Waals surface area (Å²) in [5.41, 5.74) is 9.31. The molecule has 3 rings (SSSR count). The maximum absolute atomic E-state index is 11.5. The van der Waals surface area contributed by atoms with Crippen LogP contribution in [0.3, 0.4) is 0 Å². The molecule has 1 aliphatic heterocycles. The highest BCUT2D eigenvalue weighted by Gasteiger charge is 2.24. The Bertz CT molecular complexity index is 724. The van der Waals surface area contributed by atoms with Gasteiger partial charge in [-0.2, -0.15) is 5.10 Å². The molecule has 24 heavy (non-hydrogen) atoms. The molecule has 1 atom stereocenters. The van der Waals surface area contributed by atoms with Crippen molar-refractivity contribution in [1.82, 2.24) is 20.1 Å². The fourth-order valence-electron chi connectivity index (χ4n) is 3.28. The molecule has 0 spiro atoms. The summed E-state index contributed by atoms with van der Waals surface area (Å²) in [6.45, 7) is 2.51. The second kappa shape index (κ2) is 7.00. The van der Waals surface area contributed by atoms with Crippen LogP contribution in [0.5, 0.6) is 0 Å². The van der Waals surface area contributed by atoms with Crippen LogP contribution >= 0.6 is 0 Å². The average Bonchev–Trinajstić information content (AvgIpc) is 2.98. The van der Waals surface area contributed by atoms with E-state index in [4.69, 9.17) is 5.73 Å². The van der Waals surface area contributed by atoms with Gasteiger partial charge in [-0.15, -0.1) is 0 Å². The van der Waals surface area contributed by atoms with Gasteiger partial charge in [0.25, 0.3) is 5.91 Å². The van der Waals surface area contributed by atoms with Crippen LogP contribution < -0.4 is 16.0 Å². The molecular weight excluding hydrogens is 304 g/mol. The summed E-state index contributed by atoms with van der Waals surface area (Å²) in [6, 6.07) is 2.02. The lowest BCUT2D eigenvalue weighted by molar-refractivity contribution is 0.0998. The molecule has 1 amide bonds. The monoisotopic (exact) mass is 328 g/mol. The molecule has 7 nitrogen and oxygen atoms in total. The maximum Gasteiger partial charge on any atom is 0.252 e. The number of hydrogen-bond acceptors (Lipinski definition) is 5. The first-order valence-electron chi connectivity index (χ1n) is 8.21. The smallest absolute Gasteiger partial charge is 0.252 e. The van der Waals surface area contributed by atoms with E-state index in [1.165, 1.54) is 11.3 Å². The summed E-state index contributed by atoms with van der Waals surface area (Å²) >= 11 is 0. The number of nitrogens with zero attached hydrogens (tertiary/aromatic N) is 4. The van der Waals surface area contributed by atoms with Crippen LogP contribution in [0.1, 0.15) is 28.0 Å². The quantitative estimate of drug-likeness (QED) is 0.818. The third kappa shape index (κ3) is 3.41. The van der Waals surface area contributed by atoms with Crippen molar-refractivity contribution in [2.45, 2.75) is 25.9 Å². The molecule has 3 heterocycles. The Labute approximate surface area is 141 Å². The van der Waals surface area contributed by atoms with E-state index >= 15 is 0 Å². The summed E-state index contributed by atoms with van der Waals surface area (Å²) in [6.07, 6.45) is 7.19. The van der Waals surface area contributed by atoms with Gasteiger partial charge in [-0.1, -0.05) is 0 Å². The van der Waals surface area contributed by atoms with Crippen molar-refractivity contribution in [1.29, 1.82) is 0 Å². The van der Waals surface area contributed by atoms with Crippen molar-refractivity contribution in [2.24, 2.45) is 11.7 Å². The van der Waals surface area contributed by atoms with Gasteiger partial charge < -0.3 is 16.0 Å². The lowest BCUT2D eigenvalue weighted by Gasteiger charge is -2.24. The summed E-state index contributed by atoms with van der Waals surface area (Å²) in [5, 5.41) is 7.78. The Kier molecular flexibility index (Phi) is 4.80. The minimum absolute atomic E-state index is 0.393. The number of pyridine rings is 1. The highest BCUT2D eigenvalue weighted by Crippen LogP contribution is 2.23. The van der Waals surface area contributed by atoms with E-state index in [-0.39, 0.29) is 0 Å². The van der Waals surface area contributed by atoms with Crippen LogP contribution in [0.25, 0.3) is 0 Å². The van der Waals surface area contributed by atoms with Crippen molar-refractivity contribution in [3.63, 3.8) is 0 Å². The van der Waals surface area contributed by atoms with Gasteiger partial charge in [-0.05, 0) is 31.4 Å².